The summed E-state index contributed by atoms with van der Waals surface area (Å²) in [5, 5.41) is 3.05. The van der Waals surface area contributed by atoms with Crippen molar-refractivity contribution < 1.29 is 9.53 Å². The standard InChI is InChI=1S/C19H23NO2/c1-4-18(16-10-6-5-7-11-16)20-19(21)15(3)22-17-12-8-9-14(2)13-17/h5-13,15,18H,4H2,1-3H3,(H,20,21)/t15-,18-/m0/s1. The second-order valence-electron chi connectivity index (χ2n) is 5.46. The molecule has 0 bridgehead atoms. The molecule has 0 radical (unpaired) electrons. The molecule has 2 aromatic rings. The zero-order valence-electron chi connectivity index (χ0n) is 13.4. The molecule has 2 rings (SSSR count). The van der Waals surface area contributed by atoms with Crippen molar-refractivity contribution in [1.29, 1.82) is 0 Å². The minimum atomic E-state index is -0.528. The highest BCUT2D eigenvalue weighted by molar-refractivity contribution is 5.81. The van der Waals surface area contributed by atoms with Crippen molar-refractivity contribution in [2.75, 3.05) is 0 Å². The summed E-state index contributed by atoms with van der Waals surface area (Å²) in [7, 11) is 0. The van der Waals surface area contributed by atoms with Gasteiger partial charge < -0.3 is 10.1 Å². The van der Waals surface area contributed by atoms with E-state index in [9.17, 15) is 4.79 Å². The molecule has 116 valence electrons. The largest absolute Gasteiger partial charge is 0.481 e. The van der Waals surface area contributed by atoms with Gasteiger partial charge in [0.05, 0.1) is 6.04 Å². The molecule has 0 aliphatic heterocycles. The Bertz CT molecular complexity index is 610. The zero-order chi connectivity index (χ0) is 15.9. The van der Waals surface area contributed by atoms with Crippen molar-refractivity contribution in [2.45, 2.75) is 39.3 Å². The second kappa shape index (κ2) is 7.64. The van der Waals surface area contributed by atoms with Gasteiger partial charge in [0.2, 0.25) is 0 Å². The van der Waals surface area contributed by atoms with E-state index in [1.54, 1.807) is 6.92 Å². The number of carbonyl (C=O) groups excluding carboxylic acids is 1. The molecule has 1 N–H and O–H groups in total. The van der Waals surface area contributed by atoms with Crippen molar-refractivity contribution in [3.8, 4) is 5.75 Å². The monoisotopic (exact) mass is 297 g/mol. The Morgan fingerprint density at radius 2 is 1.86 bits per heavy atom. The van der Waals surface area contributed by atoms with Gasteiger partial charge in [0.1, 0.15) is 5.75 Å². The van der Waals surface area contributed by atoms with Gasteiger partial charge in [-0.2, -0.15) is 0 Å². The third-order valence-electron chi connectivity index (χ3n) is 3.60. The fraction of sp³-hybridized carbons (Fsp3) is 0.316. The van der Waals surface area contributed by atoms with Crippen molar-refractivity contribution in [1.82, 2.24) is 5.32 Å². The summed E-state index contributed by atoms with van der Waals surface area (Å²) in [5.74, 6) is 0.618. The quantitative estimate of drug-likeness (QED) is 0.874. The molecule has 0 unspecified atom stereocenters. The molecule has 0 saturated carbocycles. The number of rotatable bonds is 6. The first-order chi connectivity index (χ1) is 10.6. The normalized spacial score (nSPS) is 13.2. The Balaban J connectivity index is 1.98. The Morgan fingerprint density at radius 1 is 1.14 bits per heavy atom. The maximum atomic E-state index is 12.3. The van der Waals surface area contributed by atoms with Gasteiger partial charge in [-0.3, -0.25) is 4.79 Å². The van der Waals surface area contributed by atoms with E-state index < -0.39 is 6.10 Å². The van der Waals surface area contributed by atoms with Gasteiger partial charge in [-0.25, -0.2) is 0 Å². The number of aryl methyl sites for hydroxylation is 1. The highest BCUT2D eigenvalue weighted by Crippen LogP contribution is 2.18. The number of ether oxygens (including phenoxy) is 1. The second-order valence-corrected chi connectivity index (χ2v) is 5.46. The molecule has 2 aromatic carbocycles. The van der Waals surface area contributed by atoms with Crippen LogP contribution >= 0.6 is 0 Å². The van der Waals surface area contributed by atoms with E-state index in [0.717, 1.165) is 23.3 Å². The molecule has 0 spiro atoms. The number of benzene rings is 2. The fourth-order valence-corrected chi connectivity index (χ4v) is 2.34. The van der Waals surface area contributed by atoms with Crippen LogP contribution in [-0.4, -0.2) is 12.0 Å². The smallest absolute Gasteiger partial charge is 0.261 e. The first-order valence-electron chi connectivity index (χ1n) is 7.68. The van der Waals surface area contributed by atoms with Crippen LogP contribution in [0.25, 0.3) is 0 Å². The number of hydrogen-bond acceptors (Lipinski definition) is 2. The van der Waals surface area contributed by atoms with Gasteiger partial charge in [0.15, 0.2) is 6.10 Å². The van der Waals surface area contributed by atoms with Crippen LogP contribution < -0.4 is 10.1 Å². The molecule has 22 heavy (non-hydrogen) atoms. The summed E-state index contributed by atoms with van der Waals surface area (Å²) in [6.45, 7) is 5.83. The van der Waals surface area contributed by atoms with Crippen LogP contribution in [-0.2, 0) is 4.79 Å². The molecule has 2 atom stereocenters. The minimum Gasteiger partial charge on any atom is -0.481 e. The predicted octanol–water partition coefficient (Wildman–Crippen LogP) is 4.03. The zero-order valence-corrected chi connectivity index (χ0v) is 13.4. The van der Waals surface area contributed by atoms with Crippen LogP contribution in [0, 0.1) is 6.92 Å². The van der Waals surface area contributed by atoms with E-state index in [1.165, 1.54) is 0 Å². The first-order valence-corrected chi connectivity index (χ1v) is 7.68. The molecule has 0 aliphatic rings. The molecular weight excluding hydrogens is 274 g/mol. The number of carbonyl (C=O) groups is 1. The number of nitrogens with one attached hydrogen (secondary N) is 1. The lowest BCUT2D eigenvalue weighted by Gasteiger charge is -2.21. The Hall–Kier alpha value is -2.29. The van der Waals surface area contributed by atoms with Gasteiger partial charge in [-0.15, -0.1) is 0 Å². The maximum absolute atomic E-state index is 12.3. The molecule has 3 heteroatoms. The van der Waals surface area contributed by atoms with Crippen LogP contribution in [0.3, 0.4) is 0 Å². The molecule has 0 heterocycles. The lowest BCUT2D eigenvalue weighted by atomic mass is 10.0. The number of hydrogen-bond donors (Lipinski definition) is 1. The molecule has 1 amide bonds. The highest BCUT2D eigenvalue weighted by atomic mass is 16.5. The Labute approximate surface area is 132 Å². The van der Waals surface area contributed by atoms with Gasteiger partial charge in [-0.05, 0) is 43.5 Å². The van der Waals surface area contributed by atoms with E-state index in [-0.39, 0.29) is 11.9 Å². The van der Waals surface area contributed by atoms with Crippen LogP contribution in [0.2, 0.25) is 0 Å². The first kappa shape index (κ1) is 16.1. The van der Waals surface area contributed by atoms with Crippen molar-refractivity contribution >= 4 is 5.91 Å². The lowest BCUT2D eigenvalue weighted by molar-refractivity contribution is -0.128. The molecule has 3 nitrogen and oxygen atoms in total. The average molecular weight is 297 g/mol. The minimum absolute atomic E-state index is 0.0114. The summed E-state index contributed by atoms with van der Waals surface area (Å²) in [5.41, 5.74) is 2.22. The third kappa shape index (κ3) is 4.35. The van der Waals surface area contributed by atoms with Crippen LogP contribution in [0.4, 0.5) is 0 Å². The average Bonchev–Trinajstić information content (AvgIpc) is 2.53. The van der Waals surface area contributed by atoms with Gasteiger partial charge in [0, 0.05) is 0 Å². The highest BCUT2D eigenvalue weighted by Gasteiger charge is 2.19. The fourth-order valence-electron chi connectivity index (χ4n) is 2.34. The Morgan fingerprint density at radius 3 is 2.50 bits per heavy atom. The maximum Gasteiger partial charge on any atom is 0.261 e. The molecular formula is C19H23NO2. The summed E-state index contributed by atoms with van der Waals surface area (Å²) in [6, 6.07) is 17.7. The van der Waals surface area contributed by atoms with Crippen LogP contribution in [0.1, 0.15) is 37.4 Å². The molecule has 0 aromatic heterocycles. The topological polar surface area (TPSA) is 38.3 Å². The van der Waals surface area contributed by atoms with Crippen molar-refractivity contribution in [3.63, 3.8) is 0 Å². The molecule has 0 aliphatic carbocycles. The van der Waals surface area contributed by atoms with E-state index >= 15 is 0 Å². The lowest BCUT2D eigenvalue weighted by Crippen LogP contribution is -2.38. The van der Waals surface area contributed by atoms with E-state index in [1.807, 2.05) is 61.5 Å². The van der Waals surface area contributed by atoms with Crippen LogP contribution in [0.15, 0.2) is 54.6 Å². The van der Waals surface area contributed by atoms with Crippen molar-refractivity contribution in [3.05, 3.63) is 65.7 Å². The summed E-state index contributed by atoms with van der Waals surface area (Å²) in [4.78, 5) is 12.3. The van der Waals surface area contributed by atoms with Gasteiger partial charge in [-0.1, -0.05) is 49.4 Å². The molecule has 0 saturated heterocycles. The van der Waals surface area contributed by atoms with Gasteiger partial charge >= 0.3 is 0 Å². The third-order valence-corrected chi connectivity index (χ3v) is 3.60. The predicted molar refractivity (Wildman–Crippen MR) is 88.9 cm³/mol. The summed E-state index contributed by atoms with van der Waals surface area (Å²) >= 11 is 0. The SMILES string of the molecule is CC[C@H](NC(=O)[C@H](C)Oc1cccc(C)c1)c1ccccc1. The van der Waals surface area contributed by atoms with Crippen LogP contribution in [0.5, 0.6) is 5.75 Å². The van der Waals surface area contributed by atoms with E-state index in [4.69, 9.17) is 4.74 Å². The Kier molecular flexibility index (Phi) is 5.59. The molecule has 0 fully saturated rings. The van der Waals surface area contributed by atoms with Gasteiger partial charge in [0.25, 0.3) is 5.91 Å². The number of amides is 1. The summed E-state index contributed by atoms with van der Waals surface area (Å²) in [6.07, 6.45) is 0.312. The van der Waals surface area contributed by atoms with Crippen molar-refractivity contribution in [2.24, 2.45) is 0 Å². The summed E-state index contributed by atoms with van der Waals surface area (Å²) < 4.78 is 5.73. The van der Waals surface area contributed by atoms with E-state index in [2.05, 4.69) is 12.2 Å². The van der Waals surface area contributed by atoms with E-state index in [0.29, 0.717) is 0 Å².